The highest BCUT2D eigenvalue weighted by Gasteiger charge is 2.17. The van der Waals surface area contributed by atoms with Crippen molar-refractivity contribution in [1.29, 1.82) is 0 Å². The molecule has 1 aliphatic heterocycles. The van der Waals surface area contributed by atoms with Gasteiger partial charge in [0.1, 0.15) is 0 Å². The first kappa shape index (κ1) is 14.6. The van der Waals surface area contributed by atoms with Crippen LogP contribution < -0.4 is 9.47 Å². The summed E-state index contributed by atoms with van der Waals surface area (Å²) in [6.45, 7) is 3.11. The monoisotopic (exact) mass is 282 g/mol. The number of hydrogen-bond donors (Lipinski definition) is 1. The summed E-state index contributed by atoms with van der Waals surface area (Å²) in [6.07, 6.45) is -0.481. The molecule has 0 spiro atoms. The van der Waals surface area contributed by atoms with Crippen molar-refractivity contribution in [3.05, 3.63) is 23.8 Å². The number of aliphatic carboxylic acids is 1. The van der Waals surface area contributed by atoms with Gasteiger partial charge >= 0.3 is 5.97 Å². The van der Waals surface area contributed by atoms with Crippen molar-refractivity contribution < 1.29 is 28.8 Å². The molecule has 0 saturated heterocycles. The van der Waals surface area contributed by atoms with Crippen molar-refractivity contribution in [3.63, 3.8) is 0 Å². The summed E-state index contributed by atoms with van der Waals surface area (Å²) >= 11 is 0. The molecule has 1 unspecified atom stereocenters. The lowest BCUT2D eigenvalue weighted by Gasteiger charge is -2.12. The van der Waals surface area contributed by atoms with Gasteiger partial charge in [0, 0.05) is 13.0 Å². The van der Waals surface area contributed by atoms with Crippen molar-refractivity contribution in [3.8, 4) is 11.5 Å². The van der Waals surface area contributed by atoms with Crippen LogP contribution in [0.15, 0.2) is 18.2 Å². The van der Waals surface area contributed by atoms with Crippen LogP contribution in [0.25, 0.3) is 0 Å². The molecule has 6 nitrogen and oxygen atoms in total. The van der Waals surface area contributed by atoms with Crippen LogP contribution in [0.1, 0.15) is 18.9 Å². The van der Waals surface area contributed by atoms with E-state index in [1.807, 2.05) is 18.2 Å². The predicted molar refractivity (Wildman–Crippen MR) is 69.9 cm³/mol. The molecular formula is C14H18O6. The van der Waals surface area contributed by atoms with Crippen LogP contribution in [0, 0.1) is 0 Å². The average molecular weight is 282 g/mol. The molecule has 0 aromatic heterocycles. The van der Waals surface area contributed by atoms with E-state index >= 15 is 0 Å². The van der Waals surface area contributed by atoms with Crippen molar-refractivity contribution in [2.45, 2.75) is 26.1 Å². The molecule has 110 valence electrons. The van der Waals surface area contributed by atoms with Gasteiger partial charge in [0.05, 0.1) is 13.2 Å². The van der Waals surface area contributed by atoms with Gasteiger partial charge in [-0.05, 0) is 24.6 Å². The highest BCUT2D eigenvalue weighted by molar-refractivity contribution is 5.72. The molecule has 1 heterocycles. The maximum atomic E-state index is 10.9. The Kier molecular flexibility index (Phi) is 5.20. The largest absolute Gasteiger partial charge is 0.479 e. The number of carboxylic acids is 1. The Morgan fingerprint density at radius 1 is 1.40 bits per heavy atom. The van der Waals surface area contributed by atoms with Crippen LogP contribution in [0.5, 0.6) is 11.5 Å². The zero-order chi connectivity index (χ0) is 14.4. The Morgan fingerprint density at radius 2 is 2.20 bits per heavy atom. The van der Waals surface area contributed by atoms with Gasteiger partial charge in [0.15, 0.2) is 17.6 Å². The highest BCUT2D eigenvalue weighted by Crippen LogP contribution is 2.32. The molecule has 0 saturated carbocycles. The Bertz CT molecular complexity index is 459. The third kappa shape index (κ3) is 3.85. The van der Waals surface area contributed by atoms with E-state index in [4.69, 9.17) is 24.1 Å². The minimum atomic E-state index is -0.960. The first-order valence-electron chi connectivity index (χ1n) is 6.51. The van der Waals surface area contributed by atoms with E-state index in [0.29, 0.717) is 32.0 Å². The second-order valence-electron chi connectivity index (χ2n) is 4.31. The molecule has 6 heteroatoms. The molecule has 1 aromatic rings. The summed E-state index contributed by atoms with van der Waals surface area (Å²) < 4.78 is 21.1. The minimum absolute atomic E-state index is 0.244. The van der Waals surface area contributed by atoms with E-state index in [0.717, 1.165) is 11.3 Å². The molecule has 0 bridgehead atoms. The summed E-state index contributed by atoms with van der Waals surface area (Å²) in [5.41, 5.74) is 0.956. The smallest absolute Gasteiger partial charge is 0.332 e. The Morgan fingerprint density at radius 3 is 2.95 bits per heavy atom. The molecule has 0 fully saturated rings. The topological polar surface area (TPSA) is 74.2 Å². The van der Waals surface area contributed by atoms with E-state index in [1.165, 1.54) is 0 Å². The van der Waals surface area contributed by atoms with Crippen LogP contribution in [0.4, 0.5) is 0 Å². The van der Waals surface area contributed by atoms with Crippen LogP contribution in [-0.4, -0.2) is 37.2 Å². The summed E-state index contributed by atoms with van der Waals surface area (Å²) in [5.74, 6) is 0.485. The fraction of sp³-hybridized carbons (Fsp3) is 0.500. The van der Waals surface area contributed by atoms with Crippen LogP contribution in [0.2, 0.25) is 0 Å². The number of benzene rings is 1. The summed E-state index contributed by atoms with van der Waals surface area (Å²) in [4.78, 5) is 10.9. The van der Waals surface area contributed by atoms with Gasteiger partial charge in [-0.15, -0.1) is 0 Å². The highest BCUT2D eigenvalue weighted by atomic mass is 16.7. The molecule has 2 rings (SSSR count). The van der Waals surface area contributed by atoms with Crippen LogP contribution in [0.3, 0.4) is 0 Å². The lowest BCUT2D eigenvalue weighted by atomic mass is 10.2. The molecule has 0 radical (unpaired) electrons. The number of carboxylic acid groups (broad SMARTS) is 1. The SMILES string of the molecule is CCOC(CCOCc1ccc2c(c1)OCO2)C(=O)O. The van der Waals surface area contributed by atoms with E-state index in [1.54, 1.807) is 6.92 Å². The molecule has 0 aliphatic carbocycles. The number of rotatable bonds is 8. The zero-order valence-corrected chi connectivity index (χ0v) is 11.3. The van der Waals surface area contributed by atoms with Gasteiger partial charge < -0.3 is 24.1 Å². The van der Waals surface area contributed by atoms with Crippen LogP contribution in [-0.2, 0) is 20.9 Å². The Hall–Kier alpha value is -1.79. The lowest BCUT2D eigenvalue weighted by molar-refractivity contribution is -0.151. The molecular weight excluding hydrogens is 264 g/mol. The number of fused-ring (bicyclic) bond motifs is 1. The quantitative estimate of drug-likeness (QED) is 0.733. The molecule has 20 heavy (non-hydrogen) atoms. The van der Waals surface area contributed by atoms with Crippen LogP contribution >= 0.6 is 0 Å². The second kappa shape index (κ2) is 7.12. The van der Waals surface area contributed by atoms with E-state index in [-0.39, 0.29) is 6.79 Å². The van der Waals surface area contributed by atoms with Crippen molar-refractivity contribution >= 4 is 5.97 Å². The van der Waals surface area contributed by atoms with Crippen molar-refractivity contribution in [2.24, 2.45) is 0 Å². The van der Waals surface area contributed by atoms with Crippen molar-refractivity contribution in [2.75, 3.05) is 20.0 Å². The zero-order valence-electron chi connectivity index (χ0n) is 11.3. The van der Waals surface area contributed by atoms with Gasteiger partial charge in [-0.2, -0.15) is 0 Å². The van der Waals surface area contributed by atoms with E-state index < -0.39 is 12.1 Å². The normalized spacial score (nSPS) is 14.2. The van der Waals surface area contributed by atoms with E-state index in [2.05, 4.69) is 0 Å². The fourth-order valence-corrected chi connectivity index (χ4v) is 1.89. The predicted octanol–water partition coefficient (Wildman–Crippen LogP) is 1.81. The summed E-state index contributed by atoms with van der Waals surface area (Å²) in [6, 6.07) is 5.59. The second-order valence-corrected chi connectivity index (χ2v) is 4.31. The minimum Gasteiger partial charge on any atom is -0.479 e. The fourth-order valence-electron chi connectivity index (χ4n) is 1.89. The molecule has 1 aromatic carbocycles. The van der Waals surface area contributed by atoms with Gasteiger partial charge in [-0.1, -0.05) is 6.07 Å². The molecule has 1 atom stereocenters. The summed E-state index contributed by atoms with van der Waals surface area (Å²) in [7, 11) is 0. The molecule has 1 aliphatic rings. The Balaban J connectivity index is 1.74. The van der Waals surface area contributed by atoms with Gasteiger partial charge in [0.2, 0.25) is 6.79 Å². The van der Waals surface area contributed by atoms with Gasteiger partial charge in [-0.25, -0.2) is 4.79 Å². The molecule has 1 N–H and O–H groups in total. The maximum absolute atomic E-state index is 10.9. The third-order valence-electron chi connectivity index (χ3n) is 2.87. The Labute approximate surface area is 117 Å². The molecule has 0 amide bonds. The van der Waals surface area contributed by atoms with E-state index in [9.17, 15) is 4.79 Å². The first-order valence-corrected chi connectivity index (χ1v) is 6.51. The average Bonchev–Trinajstić information content (AvgIpc) is 2.89. The van der Waals surface area contributed by atoms with Gasteiger partial charge in [0.25, 0.3) is 0 Å². The third-order valence-corrected chi connectivity index (χ3v) is 2.87. The number of carbonyl (C=O) groups is 1. The maximum Gasteiger partial charge on any atom is 0.332 e. The lowest BCUT2D eigenvalue weighted by Crippen LogP contribution is -2.25. The number of ether oxygens (including phenoxy) is 4. The summed E-state index contributed by atoms with van der Waals surface area (Å²) in [5, 5.41) is 8.92. The number of hydrogen-bond acceptors (Lipinski definition) is 5. The first-order chi connectivity index (χ1) is 9.70. The standard InChI is InChI=1S/C14H18O6/c1-2-18-12(14(15)16)5-6-17-8-10-3-4-11-13(7-10)20-9-19-11/h3-4,7,12H,2,5-6,8-9H2,1H3,(H,15,16). The van der Waals surface area contributed by atoms with Crippen molar-refractivity contribution in [1.82, 2.24) is 0 Å². The van der Waals surface area contributed by atoms with Gasteiger partial charge in [-0.3, -0.25) is 0 Å².